The van der Waals surface area contributed by atoms with E-state index < -0.39 is 29.7 Å². The van der Waals surface area contributed by atoms with Gasteiger partial charge in [0.2, 0.25) is 0 Å². The third-order valence-corrected chi connectivity index (χ3v) is 5.26. The van der Waals surface area contributed by atoms with E-state index in [0.29, 0.717) is 31.6 Å². The van der Waals surface area contributed by atoms with E-state index in [4.69, 9.17) is 0 Å². The average molecular weight is 466 g/mol. The van der Waals surface area contributed by atoms with Gasteiger partial charge in [-0.25, -0.2) is 13.5 Å². The van der Waals surface area contributed by atoms with Gasteiger partial charge in [-0.1, -0.05) is 0 Å². The second kappa shape index (κ2) is 9.18. The summed E-state index contributed by atoms with van der Waals surface area (Å²) in [6.07, 6.45) is -2.16. The summed E-state index contributed by atoms with van der Waals surface area (Å²) in [5.41, 5.74) is 0.932. The minimum absolute atomic E-state index is 0.0117. The molecule has 33 heavy (non-hydrogen) atoms. The number of nitrogens with one attached hydrogen (secondary N) is 2. The van der Waals surface area contributed by atoms with E-state index in [1.807, 2.05) is 0 Å². The van der Waals surface area contributed by atoms with Crippen molar-refractivity contribution in [2.75, 3.05) is 18.4 Å². The van der Waals surface area contributed by atoms with E-state index in [1.54, 1.807) is 0 Å². The molecule has 2 heterocycles. The largest absolute Gasteiger partial charge is 0.573 e. The molecule has 3 aromatic rings. The van der Waals surface area contributed by atoms with E-state index in [2.05, 4.69) is 20.5 Å². The number of piperidine rings is 1. The van der Waals surface area contributed by atoms with E-state index in [9.17, 15) is 26.7 Å². The van der Waals surface area contributed by atoms with Crippen LogP contribution in [0.4, 0.5) is 27.6 Å². The van der Waals surface area contributed by atoms with Crippen LogP contribution in [0.2, 0.25) is 0 Å². The van der Waals surface area contributed by atoms with Gasteiger partial charge in [0, 0.05) is 17.7 Å². The fourth-order valence-corrected chi connectivity index (χ4v) is 3.80. The van der Waals surface area contributed by atoms with Gasteiger partial charge in [-0.2, -0.15) is 5.10 Å². The van der Waals surface area contributed by atoms with Gasteiger partial charge in [-0.3, -0.25) is 4.79 Å². The Hall–Kier alpha value is -3.47. The molecule has 6 nitrogen and oxygen atoms in total. The lowest BCUT2D eigenvalue weighted by atomic mass is 9.91. The summed E-state index contributed by atoms with van der Waals surface area (Å²) in [6.45, 7) is 1.40. The Morgan fingerprint density at radius 2 is 1.79 bits per heavy atom. The molecule has 0 bridgehead atoms. The Labute approximate surface area is 185 Å². The number of hydrogen-bond acceptors (Lipinski definition) is 4. The lowest BCUT2D eigenvalue weighted by molar-refractivity contribution is -0.274. The first-order valence-corrected chi connectivity index (χ1v) is 10.1. The van der Waals surface area contributed by atoms with Crippen LogP contribution in [0.3, 0.4) is 0 Å². The van der Waals surface area contributed by atoms with Gasteiger partial charge in [-0.15, -0.1) is 13.2 Å². The van der Waals surface area contributed by atoms with Crippen molar-refractivity contribution >= 4 is 11.6 Å². The number of amides is 1. The van der Waals surface area contributed by atoms with Crippen LogP contribution in [0.5, 0.6) is 5.75 Å². The SMILES string of the molecule is O=C(Nc1ccc(OC(F)(F)F)cc1)c1cnn(-c2ccc(F)cc2F)c1C1CCNCC1. The molecule has 174 valence electrons. The highest BCUT2D eigenvalue weighted by atomic mass is 19.4. The van der Waals surface area contributed by atoms with Crippen LogP contribution >= 0.6 is 0 Å². The molecule has 11 heteroatoms. The molecule has 1 saturated heterocycles. The molecule has 4 rings (SSSR count). The van der Waals surface area contributed by atoms with E-state index in [0.717, 1.165) is 24.3 Å². The molecule has 2 aromatic carbocycles. The molecule has 0 spiro atoms. The van der Waals surface area contributed by atoms with Gasteiger partial charge < -0.3 is 15.4 Å². The normalized spacial score (nSPS) is 14.8. The highest BCUT2D eigenvalue weighted by Crippen LogP contribution is 2.32. The molecular formula is C22H19F5N4O2. The molecule has 1 amide bonds. The molecule has 1 aromatic heterocycles. The molecule has 1 aliphatic heterocycles. The lowest BCUT2D eigenvalue weighted by Crippen LogP contribution is -2.29. The van der Waals surface area contributed by atoms with Crippen molar-refractivity contribution in [1.82, 2.24) is 15.1 Å². The van der Waals surface area contributed by atoms with Crippen LogP contribution in [-0.2, 0) is 0 Å². The molecule has 2 N–H and O–H groups in total. The third kappa shape index (κ3) is 5.30. The van der Waals surface area contributed by atoms with Crippen LogP contribution < -0.4 is 15.4 Å². The molecule has 1 aliphatic rings. The number of carbonyl (C=O) groups excluding carboxylic acids is 1. The number of hydrogen-bond donors (Lipinski definition) is 2. The van der Waals surface area contributed by atoms with E-state index >= 15 is 0 Å². The molecule has 1 fully saturated rings. The monoisotopic (exact) mass is 466 g/mol. The van der Waals surface area contributed by atoms with Gasteiger partial charge in [0.05, 0.1) is 17.5 Å². The van der Waals surface area contributed by atoms with Gasteiger partial charge in [0.15, 0.2) is 5.82 Å². The number of aromatic nitrogens is 2. The maximum Gasteiger partial charge on any atom is 0.573 e. The summed E-state index contributed by atoms with van der Waals surface area (Å²) >= 11 is 0. The van der Waals surface area contributed by atoms with Gasteiger partial charge in [-0.05, 0) is 62.3 Å². The smallest absolute Gasteiger partial charge is 0.406 e. The first-order valence-electron chi connectivity index (χ1n) is 10.1. The summed E-state index contributed by atoms with van der Waals surface area (Å²) in [5.74, 6) is -2.64. The fourth-order valence-electron chi connectivity index (χ4n) is 3.80. The van der Waals surface area contributed by atoms with Crippen LogP contribution in [0.15, 0.2) is 48.7 Å². The number of carbonyl (C=O) groups is 1. The minimum atomic E-state index is -4.82. The van der Waals surface area contributed by atoms with Crippen molar-refractivity contribution in [1.29, 1.82) is 0 Å². The summed E-state index contributed by atoms with van der Waals surface area (Å²) in [5, 5.41) is 10.0. The first kappa shape index (κ1) is 22.7. The van der Waals surface area contributed by atoms with Crippen molar-refractivity contribution in [3.8, 4) is 11.4 Å². The molecular weight excluding hydrogens is 447 g/mol. The van der Waals surface area contributed by atoms with Crippen molar-refractivity contribution in [3.63, 3.8) is 0 Å². The fraction of sp³-hybridized carbons (Fsp3) is 0.273. The van der Waals surface area contributed by atoms with Gasteiger partial charge >= 0.3 is 6.36 Å². The second-order valence-corrected chi connectivity index (χ2v) is 7.50. The first-order chi connectivity index (χ1) is 15.7. The lowest BCUT2D eigenvalue weighted by Gasteiger charge is -2.24. The second-order valence-electron chi connectivity index (χ2n) is 7.50. The standard InChI is InChI=1S/C22H19F5N4O2/c23-14-1-6-19(18(24)11-14)31-20(13-7-9-28-10-8-13)17(12-29-31)21(32)30-15-2-4-16(5-3-15)33-22(25,26)27/h1-6,11-13,28H,7-10H2,(H,30,32). The maximum absolute atomic E-state index is 14.5. The van der Waals surface area contributed by atoms with Crippen molar-refractivity contribution in [2.24, 2.45) is 0 Å². The Bertz CT molecular complexity index is 1140. The number of benzene rings is 2. The summed E-state index contributed by atoms with van der Waals surface area (Å²) in [4.78, 5) is 13.0. The maximum atomic E-state index is 14.5. The zero-order valence-electron chi connectivity index (χ0n) is 17.1. The van der Waals surface area contributed by atoms with Gasteiger partial charge in [0.25, 0.3) is 5.91 Å². The highest BCUT2D eigenvalue weighted by molar-refractivity contribution is 6.05. The zero-order chi connectivity index (χ0) is 23.6. The Morgan fingerprint density at radius 1 is 1.09 bits per heavy atom. The van der Waals surface area contributed by atoms with Crippen molar-refractivity contribution < 1.29 is 31.5 Å². The topological polar surface area (TPSA) is 68.2 Å². The summed E-state index contributed by atoms with van der Waals surface area (Å²) < 4.78 is 70.0. The number of rotatable bonds is 5. The molecule has 0 radical (unpaired) electrons. The van der Waals surface area contributed by atoms with Crippen molar-refractivity contribution in [3.05, 3.63) is 71.6 Å². The Morgan fingerprint density at radius 3 is 2.42 bits per heavy atom. The highest BCUT2D eigenvalue weighted by Gasteiger charge is 2.31. The van der Waals surface area contributed by atoms with Crippen LogP contribution in [0.1, 0.15) is 34.8 Å². The number of anilines is 1. The Kier molecular flexibility index (Phi) is 6.32. The quantitative estimate of drug-likeness (QED) is 0.532. The number of halogens is 5. The summed E-state index contributed by atoms with van der Waals surface area (Å²) in [7, 11) is 0. The van der Waals surface area contributed by atoms with Crippen LogP contribution in [-0.4, -0.2) is 35.1 Å². The number of nitrogens with zero attached hydrogens (tertiary/aromatic N) is 2. The predicted octanol–water partition coefficient (Wildman–Crippen LogP) is 4.77. The van der Waals surface area contributed by atoms with E-state index in [1.165, 1.54) is 29.1 Å². The molecule has 0 unspecified atom stereocenters. The predicted molar refractivity (Wildman–Crippen MR) is 109 cm³/mol. The summed E-state index contributed by atoms with van der Waals surface area (Å²) in [6, 6.07) is 7.80. The molecule has 0 atom stereocenters. The zero-order valence-corrected chi connectivity index (χ0v) is 17.1. The molecule has 0 aliphatic carbocycles. The third-order valence-electron chi connectivity index (χ3n) is 5.26. The number of alkyl halides is 3. The average Bonchev–Trinajstić information content (AvgIpc) is 3.20. The number of ether oxygens (including phenoxy) is 1. The van der Waals surface area contributed by atoms with Crippen LogP contribution in [0.25, 0.3) is 5.69 Å². The minimum Gasteiger partial charge on any atom is -0.406 e. The van der Waals surface area contributed by atoms with Gasteiger partial charge in [0.1, 0.15) is 17.3 Å². The van der Waals surface area contributed by atoms with E-state index in [-0.39, 0.29) is 22.9 Å². The Balaban J connectivity index is 1.64. The molecule has 0 saturated carbocycles. The van der Waals surface area contributed by atoms with Crippen molar-refractivity contribution in [2.45, 2.75) is 25.1 Å². The van der Waals surface area contributed by atoms with Crippen LogP contribution in [0, 0.1) is 11.6 Å².